The van der Waals surface area contributed by atoms with E-state index >= 15 is 0 Å². The van der Waals surface area contributed by atoms with Crippen molar-refractivity contribution in [1.82, 2.24) is 5.32 Å². The van der Waals surface area contributed by atoms with Crippen LogP contribution in [0.1, 0.15) is 50.9 Å². The zero-order valence-electron chi connectivity index (χ0n) is 15.8. The molecule has 4 nitrogen and oxygen atoms in total. The Labute approximate surface area is 178 Å². The Kier molecular flexibility index (Phi) is 4.94. The maximum absolute atomic E-state index is 12.8. The lowest BCUT2D eigenvalue weighted by Gasteiger charge is -2.27. The first-order chi connectivity index (χ1) is 14.2. The first-order valence-electron chi connectivity index (χ1n) is 9.87. The van der Waals surface area contributed by atoms with E-state index in [0.29, 0.717) is 11.6 Å². The molecule has 5 rings (SSSR count). The van der Waals surface area contributed by atoms with E-state index in [-0.39, 0.29) is 12.1 Å². The number of amides is 1. The third-order valence-electron chi connectivity index (χ3n) is 5.51. The Morgan fingerprint density at radius 1 is 1.03 bits per heavy atom. The molecule has 1 aliphatic carbocycles. The number of fused-ring (bicyclic) bond motifs is 3. The fourth-order valence-corrected chi connectivity index (χ4v) is 5.48. The maximum atomic E-state index is 12.8. The standard InChI is InChI=1S/C23H21ClN2O2S/c24-18-7-3-1-5-15(18)13-28-16-11-9-14(10-12-16)21-25-22(27)20-17-6-2-4-8-19(17)29-23(20)26-21/h1,3,5,7,9-12,21,26H,2,4,6,8,13H2,(H,25,27). The molecule has 2 N–H and O–H groups in total. The number of ether oxygens (including phenoxy) is 1. The second-order valence-electron chi connectivity index (χ2n) is 7.41. The van der Waals surface area contributed by atoms with Crippen molar-refractivity contribution < 1.29 is 9.53 Å². The fraction of sp³-hybridized carbons (Fsp3) is 0.261. The van der Waals surface area contributed by atoms with E-state index in [1.807, 2.05) is 48.5 Å². The molecule has 1 atom stereocenters. The lowest BCUT2D eigenvalue weighted by Crippen LogP contribution is -2.38. The summed E-state index contributed by atoms with van der Waals surface area (Å²) >= 11 is 7.92. The Morgan fingerprint density at radius 2 is 1.83 bits per heavy atom. The molecule has 0 fully saturated rings. The number of hydrogen-bond donors (Lipinski definition) is 2. The van der Waals surface area contributed by atoms with Gasteiger partial charge in [0.2, 0.25) is 0 Å². The van der Waals surface area contributed by atoms with E-state index in [4.69, 9.17) is 16.3 Å². The van der Waals surface area contributed by atoms with Crippen molar-refractivity contribution in [1.29, 1.82) is 0 Å². The summed E-state index contributed by atoms with van der Waals surface area (Å²) in [4.78, 5) is 14.1. The summed E-state index contributed by atoms with van der Waals surface area (Å²) in [5.74, 6) is 0.797. The van der Waals surface area contributed by atoms with Crippen LogP contribution in [0, 0.1) is 0 Å². The molecule has 6 heteroatoms. The highest BCUT2D eigenvalue weighted by molar-refractivity contribution is 7.16. The number of benzene rings is 2. The van der Waals surface area contributed by atoms with Gasteiger partial charge in [-0.25, -0.2) is 0 Å². The van der Waals surface area contributed by atoms with Gasteiger partial charge in [0.15, 0.2) is 0 Å². The fourth-order valence-electron chi connectivity index (χ4n) is 3.98. The summed E-state index contributed by atoms with van der Waals surface area (Å²) in [5.41, 5.74) is 4.07. The zero-order chi connectivity index (χ0) is 19.8. The molecule has 0 saturated heterocycles. The molecule has 1 unspecified atom stereocenters. The van der Waals surface area contributed by atoms with Crippen LogP contribution >= 0.6 is 22.9 Å². The summed E-state index contributed by atoms with van der Waals surface area (Å²) in [5, 5.41) is 8.33. The number of thiophene rings is 1. The normalized spacial score (nSPS) is 17.7. The highest BCUT2D eigenvalue weighted by atomic mass is 35.5. The second-order valence-corrected chi connectivity index (χ2v) is 8.93. The molecule has 3 aromatic rings. The van der Waals surface area contributed by atoms with Gasteiger partial charge in [0, 0.05) is 15.5 Å². The molecule has 1 aromatic heterocycles. The van der Waals surface area contributed by atoms with Crippen molar-refractivity contribution in [2.45, 2.75) is 38.5 Å². The Morgan fingerprint density at radius 3 is 2.66 bits per heavy atom. The number of aryl methyl sites for hydroxylation is 1. The number of hydrogen-bond acceptors (Lipinski definition) is 4. The number of rotatable bonds is 4. The van der Waals surface area contributed by atoms with Crippen LogP contribution in [-0.4, -0.2) is 5.91 Å². The van der Waals surface area contributed by atoms with Gasteiger partial charge in [0.1, 0.15) is 23.5 Å². The highest BCUT2D eigenvalue weighted by Gasteiger charge is 2.31. The van der Waals surface area contributed by atoms with Crippen LogP contribution in [0.4, 0.5) is 5.00 Å². The molecule has 2 aliphatic rings. The van der Waals surface area contributed by atoms with Gasteiger partial charge in [-0.3, -0.25) is 4.79 Å². The number of halogens is 1. The van der Waals surface area contributed by atoms with Crippen LogP contribution in [-0.2, 0) is 19.4 Å². The molecule has 0 bridgehead atoms. The van der Waals surface area contributed by atoms with Gasteiger partial charge in [0.05, 0.1) is 5.56 Å². The number of carbonyl (C=O) groups is 1. The quantitative estimate of drug-likeness (QED) is 0.563. The minimum atomic E-state index is -0.229. The van der Waals surface area contributed by atoms with Gasteiger partial charge in [-0.15, -0.1) is 11.3 Å². The summed E-state index contributed by atoms with van der Waals surface area (Å²) < 4.78 is 5.86. The largest absolute Gasteiger partial charge is 0.489 e. The van der Waals surface area contributed by atoms with Gasteiger partial charge < -0.3 is 15.4 Å². The van der Waals surface area contributed by atoms with E-state index in [9.17, 15) is 4.79 Å². The number of carbonyl (C=O) groups excluding carboxylic acids is 1. The average molecular weight is 425 g/mol. The van der Waals surface area contributed by atoms with Gasteiger partial charge >= 0.3 is 0 Å². The lowest BCUT2D eigenvalue weighted by molar-refractivity contribution is 0.0935. The van der Waals surface area contributed by atoms with Crippen molar-refractivity contribution in [3.8, 4) is 5.75 Å². The second kappa shape index (κ2) is 7.73. The minimum absolute atomic E-state index is 0.0298. The average Bonchev–Trinajstić information content (AvgIpc) is 3.12. The molecular weight excluding hydrogens is 404 g/mol. The predicted molar refractivity (Wildman–Crippen MR) is 117 cm³/mol. The Bertz CT molecular complexity index is 1060. The molecule has 2 heterocycles. The molecule has 148 valence electrons. The first-order valence-corrected chi connectivity index (χ1v) is 11.1. The summed E-state index contributed by atoms with van der Waals surface area (Å²) in [6, 6.07) is 15.5. The Hall–Kier alpha value is -2.50. The van der Waals surface area contributed by atoms with Crippen LogP contribution < -0.4 is 15.4 Å². The molecule has 0 spiro atoms. The molecule has 2 aromatic carbocycles. The molecule has 29 heavy (non-hydrogen) atoms. The topological polar surface area (TPSA) is 50.4 Å². The van der Waals surface area contributed by atoms with Crippen LogP contribution in [0.5, 0.6) is 5.75 Å². The molecule has 1 aliphatic heterocycles. The van der Waals surface area contributed by atoms with Crippen LogP contribution in [0.3, 0.4) is 0 Å². The van der Waals surface area contributed by atoms with E-state index in [1.165, 1.54) is 23.3 Å². The van der Waals surface area contributed by atoms with E-state index in [0.717, 1.165) is 40.3 Å². The highest BCUT2D eigenvalue weighted by Crippen LogP contribution is 2.41. The zero-order valence-corrected chi connectivity index (χ0v) is 17.4. The number of nitrogens with one attached hydrogen (secondary N) is 2. The molecule has 0 radical (unpaired) electrons. The van der Waals surface area contributed by atoms with Crippen molar-refractivity contribution in [3.05, 3.63) is 80.7 Å². The summed E-state index contributed by atoms with van der Waals surface area (Å²) in [7, 11) is 0. The van der Waals surface area contributed by atoms with Crippen molar-refractivity contribution >= 4 is 33.8 Å². The van der Waals surface area contributed by atoms with Crippen molar-refractivity contribution in [2.75, 3.05) is 5.32 Å². The van der Waals surface area contributed by atoms with E-state index < -0.39 is 0 Å². The van der Waals surface area contributed by atoms with Crippen molar-refractivity contribution in [2.24, 2.45) is 0 Å². The van der Waals surface area contributed by atoms with Gasteiger partial charge in [0.25, 0.3) is 5.91 Å². The third-order valence-corrected chi connectivity index (χ3v) is 7.11. The van der Waals surface area contributed by atoms with Gasteiger partial charge in [-0.1, -0.05) is 41.9 Å². The number of anilines is 1. The van der Waals surface area contributed by atoms with E-state index in [2.05, 4.69) is 10.6 Å². The van der Waals surface area contributed by atoms with Crippen LogP contribution in [0.15, 0.2) is 48.5 Å². The smallest absolute Gasteiger partial charge is 0.256 e. The minimum Gasteiger partial charge on any atom is -0.489 e. The van der Waals surface area contributed by atoms with Crippen LogP contribution in [0.25, 0.3) is 0 Å². The van der Waals surface area contributed by atoms with Gasteiger partial charge in [-0.2, -0.15) is 0 Å². The predicted octanol–water partition coefficient (Wildman–Crippen LogP) is 5.71. The van der Waals surface area contributed by atoms with Gasteiger partial charge in [-0.05, 0) is 55.0 Å². The van der Waals surface area contributed by atoms with E-state index in [1.54, 1.807) is 11.3 Å². The first kappa shape index (κ1) is 18.5. The lowest BCUT2D eigenvalue weighted by atomic mass is 9.94. The monoisotopic (exact) mass is 424 g/mol. The summed E-state index contributed by atoms with van der Waals surface area (Å²) in [6.45, 7) is 0.418. The molecule has 0 saturated carbocycles. The Balaban J connectivity index is 1.30. The van der Waals surface area contributed by atoms with Crippen molar-refractivity contribution in [3.63, 3.8) is 0 Å². The molecule has 1 amide bonds. The third kappa shape index (κ3) is 3.61. The SMILES string of the molecule is O=C1NC(c2ccc(OCc3ccccc3Cl)cc2)Nc2sc3c(c21)CCCC3. The summed E-state index contributed by atoms with van der Waals surface area (Å²) in [6.07, 6.45) is 4.26. The maximum Gasteiger partial charge on any atom is 0.256 e. The van der Waals surface area contributed by atoms with Crippen LogP contribution in [0.2, 0.25) is 5.02 Å². The molecular formula is C23H21ClN2O2S.